The Bertz CT molecular complexity index is 910. The molecule has 1 heterocycles. The summed E-state index contributed by atoms with van der Waals surface area (Å²) in [6.45, 7) is 3.50. The zero-order valence-electron chi connectivity index (χ0n) is 16.9. The van der Waals surface area contributed by atoms with Gasteiger partial charge in [-0.2, -0.15) is 0 Å². The Kier molecular flexibility index (Phi) is 7.00. The van der Waals surface area contributed by atoms with E-state index in [2.05, 4.69) is 5.32 Å². The second-order valence-electron chi connectivity index (χ2n) is 7.10. The molecule has 1 atom stereocenters. The van der Waals surface area contributed by atoms with Crippen molar-refractivity contribution in [2.24, 2.45) is 0 Å². The fourth-order valence-corrected chi connectivity index (χ4v) is 3.60. The van der Waals surface area contributed by atoms with Crippen LogP contribution in [0, 0.1) is 10.1 Å². The topological polar surface area (TPSA) is 102 Å². The van der Waals surface area contributed by atoms with Crippen molar-refractivity contribution in [1.29, 1.82) is 0 Å². The van der Waals surface area contributed by atoms with Gasteiger partial charge in [0.25, 0.3) is 11.6 Å². The Morgan fingerprint density at radius 1 is 1.17 bits per heavy atom. The smallest absolute Gasteiger partial charge is 0.308 e. The summed E-state index contributed by atoms with van der Waals surface area (Å²) < 4.78 is 5.02. The first-order valence-electron chi connectivity index (χ1n) is 10.0. The summed E-state index contributed by atoms with van der Waals surface area (Å²) in [6, 6.07) is 13.0. The van der Waals surface area contributed by atoms with Crippen LogP contribution in [0.4, 0.5) is 11.4 Å². The molecule has 1 amide bonds. The molecule has 2 aromatic rings. The van der Waals surface area contributed by atoms with Crippen LogP contribution >= 0.6 is 0 Å². The lowest BCUT2D eigenvalue weighted by molar-refractivity contribution is -0.384. The van der Waals surface area contributed by atoms with Crippen LogP contribution in [0.25, 0.3) is 0 Å². The van der Waals surface area contributed by atoms with Crippen molar-refractivity contribution < 1.29 is 19.2 Å². The van der Waals surface area contributed by atoms with Crippen molar-refractivity contribution in [1.82, 2.24) is 5.32 Å². The quantitative estimate of drug-likeness (QED) is 0.404. The van der Waals surface area contributed by atoms with E-state index in [1.54, 1.807) is 19.1 Å². The highest BCUT2D eigenvalue weighted by molar-refractivity contribution is 5.96. The average Bonchev–Trinajstić information content (AvgIpc) is 3.28. The van der Waals surface area contributed by atoms with E-state index in [1.807, 2.05) is 35.2 Å². The fraction of sp³-hybridized carbons (Fsp3) is 0.364. The van der Waals surface area contributed by atoms with Gasteiger partial charge in [0.05, 0.1) is 24.0 Å². The normalized spacial score (nSPS) is 14.2. The van der Waals surface area contributed by atoms with E-state index in [0.717, 1.165) is 31.5 Å². The number of carbonyl (C=O) groups excluding carboxylic acids is 2. The van der Waals surface area contributed by atoms with E-state index >= 15 is 0 Å². The van der Waals surface area contributed by atoms with Gasteiger partial charge in [-0.05, 0) is 37.5 Å². The number of nitro benzene ring substituents is 1. The summed E-state index contributed by atoms with van der Waals surface area (Å²) in [7, 11) is 0. The van der Waals surface area contributed by atoms with Gasteiger partial charge in [0.1, 0.15) is 5.69 Å². The monoisotopic (exact) mass is 411 g/mol. The van der Waals surface area contributed by atoms with Crippen molar-refractivity contribution in [2.45, 2.75) is 32.2 Å². The van der Waals surface area contributed by atoms with Crippen LogP contribution in [0.15, 0.2) is 48.5 Å². The SMILES string of the molecule is CCOC(=O)CC(NC(=O)c1ccc(N2CCCC2)c([N+](=O)[O-])c1)c1ccccc1. The van der Waals surface area contributed by atoms with Gasteiger partial charge in [0, 0.05) is 24.7 Å². The summed E-state index contributed by atoms with van der Waals surface area (Å²) in [5, 5.41) is 14.4. The summed E-state index contributed by atoms with van der Waals surface area (Å²) in [5.74, 6) is -0.911. The van der Waals surface area contributed by atoms with Gasteiger partial charge >= 0.3 is 5.97 Å². The van der Waals surface area contributed by atoms with Crippen LogP contribution in [-0.4, -0.2) is 36.5 Å². The number of hydrogen-bond donors (Lipinski definition) is 1. The van der Waals surface area contributed by atoms with Crippen molar-refractivity contribution in [2.75, 3.05) is 24.6 Å². The van der Waals surface area contributed by atoms with Crippen molar-refractivity contribution in [3.05, 3.63) is 69.8 Å². The first-order valence-corrected chi connectivity index (χ1v) is 10.0. The number of rotatable bonds is 8. The second kappa shape index (κ2) is 9.87. The number of nitrogens with one attached hydrogen (secondary N) is 1. The molecule has 0 spiro atoms. The molecule has 8 heteroatoms. The number of anilines is 1. The number of carbonyl (C=O) groups is 2. The maximum absolute atomic E-state index is 12.9. The third-order valence-electron chi connectivity index (χ3n) is 5.06. The Morgan fingerprint density at radius 2 is 1.87 bits per heavy atom. The molecule has 8 nitrogen and oxygen atoms in total. The van der Waals surface area contributed by atoms with E-state index in [9.17, 15) is 19.7 Å². The van der Waals surface area contributed by atoms with E-state index in [-0.39, 0.29) is 24.3 Å². The number of nitrogens with zero attached hydrogens (tertiary/aromatic N) is 2. The van der Waals surface area contributed by atoms with Crippen LogP contribution in [0.5, 0.6) is 0 Å². The van der Waals surface area contributed by atoms with Gasteiger partial charge in [-0.25, -0.2) is 0 Å². The number of hydrogen-bond acceptors (Lipinski definition) is 6. The maximum Gasteiger partial charge on any atom is 0.308 e. The molecule has 1 saturated heterocycles. The standard InChI is InChI=1S/C22H25N3O5/c1-2-30-21(26)15-18(16-8-4-3-5-9-16)23-22(27)17-10-11-19(20(14-17)25(28)29)24-12-6-7-13-24/h3-5,8-11,14,18H,2,6-7,12-13,15H2,1H3,(H,23,27). The average molecular weight is 411 g/mol. The largest absolute Gasteiger partial charge is 0.466 e. The van der Waals surface area contributed by atoms with Crippen LogP contribution in [0.1, 0.15) is 48.1 Å². The van der Waals surface area contributed by atoms with Gasteiger partial charge in [-0.15, -0.1) is 0 Å². The molecule has 1 unspecified atom stereocenters. The van der Waals surface area contributed by atoms with Crippen LogP contribution in [0.3, 0.4) is 0 Å². The van der Waals surface area contributed by atoms with Crippen molar-refractivity contribution in [3.8, 4) is 0 Å². The molecule has 3 rings (SSSR count). The number of ether oxygens (including phenoxy) is 1. The van der Waals surface area contributed by atoms with Crippen LogP contribution < -0.4 is 10.2 Å². The summed E-state index contributed by atoms with van der Waals surface area (Å²) >= 11 is 0. The molecule has 30 heavy (non-hydrogen) atoms. The van der Waals surface area contributed by atoms with Crippen molar-refractivity contribution >= 4 is 23.3 Å². The summed E-state index contributed by atoms with van der Waals surface area (Å²) in [4.78, 5) is 38.0. The maximum atomic E-state index is 12.9. The van der Waals surface area contributed by atoms with Gasteiger partial charge < -0.3 is 15.0 Å². The predicted molar refractivity (Wildman–Crippen MR) is 112 cm³/mol. The molecule has 1 aliphatic heterocycles. The summed E-state index contributed by atoms with van der Waals surface area (Å²) in [6.07, 6.45) is 1.95. The van der Waals surface area contributed by atoms with Gasteiger partial charge in [-0.1, -0.05) is 30.3 Å². The van der Waals surface area contributed by atoms with Crippen LogP contribution in [0.2, 0.25) is 0 Å². The zero-order chi connectivity index (χ0) is 21.5. The highest BCUT2D eigenvalue weighted by Gasteiger charge is 2.25. The Balaban J connectivity index is 1.83. The molecule has 0 bridgehead atoms. The van der Waals surface area contributed by atoms with Crippen LogP contribution in [-0.2, 0) is 9.53 Å². The predicted octanol–water partition coefficient (Wildman–Crippen LogP) is 3.62. The third-order valence-corrected chi connectivity index (χ3v) is 5.06. The van der Waals surface area contributed by atoms with Crippen molar-refractivity contribution in [3.63, 3.8) is 0 Å². The highest BCUT2D eigenvalue weighted by Crippen LogP contribution is 2.32. The molecule has 0 radical (unpaired) electrons. The number of esters is 1. The molecular formula is C22H25N3O5. The Labute approximate surface area is 175 Å². The van der Waals surface area contributed by atoms with Gasteiger partial charge in [0.15, 0.2) is 0 Å². The van der Waals surface area contributed by atoms with E-state index in [1.165, 1.54) is 6.07 Å². The Hall–Kier alpha value is -3.42. The minimum Gasteiger partial charge on any atom is -0.466 e. The molecular weight excluding hydrogens is 386 g/mol. The van der Waals surface area contributed by atoms with Gasteiger partial charge in [0.2, 0.25) is 0 Å². The zero-order valence-corrected chi connectivity index (χ0v) is 16.9. The molecule has 1 aliphatic rings. The molecule has 0 saturated carbocycles. The summed E-state index contributed by atoms with van der Waals surface area (Å²) in [5.41, 5.74) is 1.36. The number of benzene rings is 2. The fourth-order valence-electron chi connectivity index (χ4n) is 3.60. The Morgan fingerprint density at radius 3 is 2.50 bits per heavy atom. The molecule has 1 N–H and O–H groups in total. The number of amides is 1. The third kappa shape index (κ3) is 5.14. The lowest BCUT2D eigenvalue weighted by atomic mass is 10.0. The molecule has 158 valence electrons. The van der Waals surface area contributed by atoms with Gasteiger partial charge in [-0.3, -0.25) is 19.7 Å². The van der Waals surface area contributed by atoms with E-state index in [0.29, 0.717) is 5.69 Å². The minimum atomic E-state index is -0.602. The first-order chi connectivity index (χ1) is 14.5. The lowest BCUT2D eigenvalue weighted by Gasteiger charge is -2.20. The highest BCUT2D eigenvalue weighted by atomic mass is 16.6. The first kappa shape index (κ1) is 21.3. The molecule has 0 aromatic heterocycles. The minimum absolute atomic E-state index is 0.0302. The number of nitro groups is 1. The molecule has 0 aliphatic carbocycles. The van der Waals surface area contributed by atoms with E-state index in [4.69, 9.17) is 4.74 Å². The van der Waals surface area contributed by atoms with E-state index < -0.39 is 22.8 Å². The molecule has 1 fully saturated rings. The lowest BCUT2D eigenvalue weighted by Crippen LogP contribution is -2.31. The second-order valence-corrected chi connectivity index (χ2v) is 7.10. The molecule has 2 aromatic carbocycles.